The van der Waals surface area contributed by atoms with Crippen LogP contribution in [0.15, 0.2) is 36.5 Å². The average Bonchev–Trinajstić information content (AvgIpc) is 2.52. The highest BCUT2D eigenvalue weighted by molar-refractivity contribution is 5.48. The third-order valence-corrected chi connectivity index (χ3v) is 2.74. The summed E-state index contributed by atoms with van der Waals surface area (Å²) < 4.78 is 10.6. The van der Waals surface area contributed by atoms with Gasteiger partial charge in [-0.25, -0.2) is 4.98 Å². The molecule has 0 radical (unpaired) electrons. The molecule has 7 heteroatoms. The minimum Gasteiger partial charge on any atom is -0.493 e. The van der Waals surface area contributed by atoms with E-state index in [-0.39, 0.29) is 23.7 Å². The van der Waals surface area contributed by atoms with Gasteiger partial charge in [0.1, 0.15) is 18.4 Å². The molecule has 21 heavy (non-hydrogen) atoms. The third-order valence-electron chi connectivity index (χ3n) is 2.74. The highest BCUT2D eigenvalue weighted by Gasteiger charge is 2.13. The Morgan fingerprint density at radius 2 is 2.19 bits per heavy atom. The van der Waals surface area contributed by atoms with Crippen LogP contribution >= 0.6 is 0 Å². The molecule has 0 aliphatic heterocycles. The molecule has 1 aromatic heterocycles. The van der Waals surface area contributed by atoms with Gasteiger partial charge in [-0.15, -0.1) is 0 Å². The van der Waals surface area contributed by atoms with Crippen molar-refractivity contribution >= 4 is 5.69 Å². The molecule has 0 amide bonds. The van der Waals surface area contributed by atoms with Gasteiger partial charge in [-0.2, -0.15) is 5.26 Å². The van der Waals surface area contributed by atoms with Crippen LogP contribution in [0.4, 0.5) is 5.69 Å². The molecule has 0 saturated heterocycles. The van der Waals surface area contributed by atoms with Crippen molar-refractivity contribution in [2.24, 2.45) is 0 Å². The van der Waals surface area contributed by atoms with Crippen LogP contribution in [0.2, 0.25) is 0 Å². The predicted octanol–water partition coefficient (Wildman–Crippen LogP) is 2.45. The molecule has 0 atom stereocenters. The minimum absolute atomic E-state index is 0.0638. The van der Waals surface area contributed by atoms with Gasteiger partial charge in [0.15, 0.2) is 11.5 Å². The second-order valence-corrected chi connectivity index (χ2v) is 4.00. The molecule has 1 aromatic carbocycles. The van der Waals surface area contributed by atoms with Crippen LogP contribution in [-0.2, 0) is 6.61 Å². The molecule has 1 heterocycles. The smallest absolute Gasteiger partial charge is 0.273 e. The lowest BCUT2D eigenvalue weighted by Gasteiger charge is -2.10. The zero-order valence-corrected chi connectivity index (χ0v) is 11.1. The molecule has 0 fully saturated rings. The fraction of sp³-hybridized carbons (Fsp3) is 0.143. The number of hydrogen-bond donors (Lipinski definition) is 0. The Balaban J connectivity index is 2.25. The van der Waals surface area contributed by atoms with Crippen LogP contribution < -0.4 is 9.47 Å². The summed E-state index contributed by atoms with van der Waals surface area (Å²) in [6.07, 6.45) is 1.51. The van der Waals surface area contributed by atoms with Gasteiger partial charge in [0.2, 0.25) is 0 Å². The third kappa shape index (κ3) is 3.25. The molecule has 106 valence electrons. The molecule has 0 bridgehead atoms. The summed E-state index contributed by atoms with van der Waals surface area (Å²) >= 11 is 0. The summed E-state index contributed by atoms with van der Waals surface area (Å²) in [4.78, 5) is 14.2. The highest BCUT2D eigenvalue weighted by atomic mass is 16.6. The average molecular weight is 285 g/mol. The van der Waals surface area contributed by atoms with Crippen molar-refractivity contribution in [1.29, 1.82) is 5.26 Å². The lowest BCUT2D eigenvalue weighted by atomic mass is 10.2. The zero-order chi connectivity index (χ0) is 15.2. The van der Waals surface area contributed by atoms with Gasteiger partial charge in [-0.1, -0.05) is 6.07 Å². The van der Waals surface area contributed by atoms with E-state index in [1.54, 1.807) is 12.1 Å². The monoisotopic (exact) mass is 285 g/mol. The molecular weight excluding hydrogens is 274 g/mol. The van der Waals surface area contributed by atoms with Crippen LogP contribution in [0.25, 0.3) is 0 Å². The Hall–Kier alpha value is -3.14. The number of hydrogen-bond acceptors (Lipinski definition) is 6. The summed E-state index contributed by atoms with van der Waals surface area (Å²) in [6, 6.07) is 9.42. The van der Waals surface area contributed by atoms with E-state index in [2.05, 4.69) is 4.98 Å². The van der Waals surface area contributed by atoms with Crippen molar-refractivity contribution in [3.63, 3.8) is 0 Å². The van der Waals surface area contributed by atoms with Gasteiger partial charge < -0.3 is 9.47 Å². The van der Waals surface area contributed by atoms with Crippen molar-refractivity contribution in [2.45, 2.75) is 6.61 Å². The quantitative estimate of drug-likeness (QED) is 0.618. The van der Waals surface area contributed by atoms with Crippen LogP contribution in [0.3, 0.4) is 0 Å². The largest absolute Gasteiger partial charge is 0.493 e. The summed E-state index contributed by atoms with van der Waals surface area (Å²) in [7, 11) is 1.44. The van der Waals surface area contributed by atoms with Gasteiger partial charge in [0, 0.05) is 17.8 Å². The van der Waals surface area contributed by atoms with E-state index in [4.69, 9.17) is 14.7 Å². The lowest BCUT2D eigenvalue weighted by molar-refractivity contribution is -0.385. The summed E-state index contributed by atoms with van der Waals surface area (Å²) in [5.74, 6) is 0.613. The number of nitro groups is 1. The van der Waals surface area contributed by atoms with Crippen LogP contribution in [0.5, 0.6) is 11.5 Å². The molecule has 0 unspecified atom stereocenters. The second kappa shape index (κ2) is 6.34. The van der Waals surface area contributed by atoms with Gasteiger partial charge in [-0.05, 0) is 12.1 Å². The van der Waals surface area contributed by atoms with Gasteiger partial charge in [0.25, 0.3) is 5.69 Å². The summed E-state index contributed by atoms with van der Waals surface area (Å²) in [5.41, 5.74) is 0.743. The first kappa shape index (κ1) is 14.3. The maximum absolute atomic E-state index is 10.8. The van der Waals surface area contributed by atoms with E-state index >= 15 is 0 Å². The normalized spacial score (nSPS) is 9.71. The molecule has 7 nitrogen and oxygen atoms in total. The summed E-state index contributed by atoms with van der Waals surface area (Å²) in [5, 5.41) is 19.7. The first-order valence-corrected chi connectivity index (χ1v) is 5.95. The van der Waals surface area contributed by atoms with E-state index in [1.165, 1.54) is 31.5 Å². The van der Waals surface area contributed by atoms with Gasteiger partial charge in [0.05, 0.1) is 18.1 Å². The number of pyridine rings is 1. The standard InChI is InChI=1S/C14H11N3O4/c1-20-13-5-4-11(17(18)19)7-14(13)21-9-10-3-2-6-16-12(10)8-15/h2-7H,9H2,1H3. The molecule has 2 rings (SSSR count). The van der Waals surface area contributed by atoms with Crippen LogP contribution in [0, 0.1) is 21.4 Å². The number of nitro benzene ring substituents is 1. The van der Waals surface area contributed by atoms with Crippen LogP contribution in [-0.4, -0.2) is 17.0 Å². The Morgan fingerprint density at radius 1 is 1.38 bits per heavy atom. The Morgan fingerprint density at radius 3 is 2.86 bits per heavy atom. The van der Waals surface area contributed by atoms with E-state index in [0.29, 0.717) is 11.3 Å². The number of nitriles is 1. The number of benzene rings is 1. The number of aromatic nitrogens is 1. The number of ether oxygens (including phenoxy) is 2. The van der Waals surface area contributed by atoms with Crippen LogP contribution in [0.1, 0.15) is 11.3 Å². The molecule has 0 aliphatic rings. The molecule has 0 saturated carbocycles. The van der Waals surface area contributed by atoms with Crippen molar-refractivity contribution in [3.05, 3.63) is 57.9 Å². The van der Waals surface area contributed by atoms with Gasteiger partial charge in [-0.3, -0.25) is 10.1 Å². The minimum atomic E-state index is -0.517. The van der Waals surface area contributed by atoms with E-state index in [0.717, 1.165) is 0 Å². The van der Waals surface area contributed by atoms with E-state index in [1.807, 2.05) is 6.07 Å². The van der Waals surface area contributed by atoms with E-state index in [9.17, 15) is 10.1 Å². The van der Waals surface area contributed by atoms with Crippen molar-refractivity contribution in [1.82, 2.24) is 4.98 Å². The Bertz CT molecular complexity index is 710. The maximum Gasteiger partial charge on any atom is 0.273 e. The number of rotatable bonds is 5. The Labute approximate surface area is 120 Å². The fourth-order valence-electron chi connectivity index (χ4n) is 1.70. The SMILES string of the molecule is COc1ccc([N+](=O)[O-])cc1OCc1cccnc1C#N. The molecule has 2 aromatic rings. The number of non-ortho nitro benzene ring substituents is 1. The molecule has 0 N–H and O–H groups in total. The summed E-state index contributed by atoms with van der Waals surface area (Å²) in [6.45, 7) is 0.0638. The first-order valence-electron chi connectivity index (χ1n) is 5.95. The highest BCUT2D eigenvalue weighted by Crippen LogP contribution is 2.31. The van der Waals surface area contributed by atoms with E-state index < -0.39 is 4.92 Å². The van der Waals surface area contributed by atoms with Crippen molar-refractivity contribution in [2.75, 3.05) is 7.11 Å². The molecule has 0 aliphatic carbocycles. The first-order chi connectivity index (χ1) is 10.2. The Kier molecular flexibility index (Phi) is 4.31. The second-order valence-electron chi connectivity index (χ2n) is 4.00. The maximum atomic E-state index is 10.8. The predicted molar refractivity (Wildman–Crippen MR) is 72.9 cm³/mol. The van der Waals surface area contributed by atoms with Crippen molar-refractivity contribution < 1.29 is 14.4 Å². The number of methoxy groups -OCH3 is 1. The van der Waals surface area contributed by atoms with Crippen molar-refractivity contribution in [3.8, 4) is 17.6 Å². The molecule has 0 spiro atoms. The fourth-order valence-corrected chi connectivity index (χ4v) is 1.70. The van der Waals surface area contributed by atoms with Gasteiger partial charge >= 0.3 is 0 Å². The number of nitrogens with zero attached hydrogens (tertiary/aromatic N) is 3. The molecular formula is C14H11N3O4. The topological polar surface area (TPSA) is 98.3 Å². The lowest BCUT2D eigenvalue weighted by Crippen LogP contribution is -2.01. The zero-order valence-electron chi connectivity index (χ0n) is 11.1.